The van der Waals surface area contributed by atoms with Crippen LogP contribution < -0.4 is 11.5 Å². The monoisotopic (exact) mass is 942 g/mol. The molecule has 0 aromatic carbocycles. The van der Waals surface area contributed by atoms with E-state index in [9.17, 15) is 34.1 Å². The van der Waals surface area contributed by atoms with Crippen molar-refractivity contribution >= 4 is 94.9 Å². The number of fused-ring (bicyclic) bond motifs is 5. The van der Waals surface area contributed by atoms with E-state index in [0.717, 1.165) is 23.4 Å². The molecule has 8 heterocycles. The average Bonchev–Trinajstić information content (AvgIpc) is 4.04. The maximum atomic E-state index is 13.4. The van der Waals surface area contributed by atoms with Crippen LogP contribution >= 0.6 is 13.4 Å². The second kappa shape index (κ2) is 17.4. The second-order valence-corrected chi connectivity index (χ2v) is 19.4. The number of hydrogen-bond acceptors (Lipinski definition) is 23. The van der Waals surface area contributed by atoms with Crippen LogP contribution in [0.15, 0.2) is 37.5 Å². The summed E-state index contributed by atoms with van der Waals surface area (Å²) >= 11 is 10.8. The summed E-state index contributed by atoms with van der Waals surface area (Å²) in [6, 6.07) is 0. The minimum Gasteiger partial charge on any atom is -0.432 e. The molecule has 3 fully saturated rings. The van der Waals surface area contributed by atoms with Gasteiger partial charge in [0.25, 0.3) is 11.8 Å². The fourth-order valence-electron chi connectivity index (χ4n) is 6.91. The van der Waals surface area contributed by atoms with Crippen molar-refractivity contribution in [1.82, 2.24) is 48.8 Å². The fourth-order valence-corrected chi connectivity index (χ4v) is 9.77. The van der Waals surface area contributed by atoms with Gasteiger partial charge in [-0.15, -0.1) is 0 Å². The van der Waals surface area contributed by atoms with Crippen LogP contribution in [0, 0.1) is 0 Å². The summed E-state index contributed by atoms with van der Waals surface area (Å²) in [5, 5.41) is 11.4. The number of imidazole rings is 2. The van der Waals surface area contributed by atoms with E-state index in [4.69, 9.17) is 72.1 Å². The number of carbonyl (C=O) groups is 4. The van der Waals surface area contributed by atoms with E-state index in [1.807, 2.05) is 0 Å². The standard InChI is InChI=1S/C31H36N12O15P2S2/c1-40(16(44)4-5-41-17(45)2-3-18(41)46)6-7-51-31(48)56-24-22-15(55-30(24)43-13-39-20-26(33)35-11-37-28(20)43)9-53-60(50,62)58-23-21(47)14(8-52-59(49,61)57-22)54-29(23)42-12-38-19-25(32)34-10-36-27(19)42/h2-3,10-15,21-24,29-30,47H,4-9H2,1H3,(H,49,61)(H,50,62)(H2,32,34,36)(H2,33,35,37)/t14-,15-,21-,22-,23-,24-,29-,30-,59?,60?/m1/s1. The van der Waals surface area contributed by atoms with Crippen molar-refractivity contribution < 1.29 is 71.1 Å². The van der Waals surface area contributed by atoms with Crippen molar-refractivity contribution in [2.24, 2.45) is 0 Å². The van der Waals surface area contributed by atoms with Gasteiger partial charge in [0.2, 0.25) is 5.91 Å². The topological polar surface area (TPSA) is 349 Å². The van der Waals surface area contributed by atoms with Gasteiger partial charge in [-0.2, -0.15) is 0 Å². The Balaban J connectivity index is 1.02. The highest BCUT2D eigenvalue weighted by atomic mass is 32.5. The van der Waals surface area contributed by atoms with Crippen LogP contribution in [-0.2, 0) is 75.0 Å². The molecule has 2 unspecified atom stereocenters. The number of nitrogens with zero attached hydrogens (tertiary/aromatic N) is 10. The number of aliphatic hydroxyl groups excluding tert-OH is 1. The maximum absolute atomic E-state index is 13.4. The molecule has 31 heteroatoms. The van der Waals surface area contributed by atoms with Crippen LogP contribution in [0.2, 0.25) is 0 Å². The van der Waals surface area contributed by atoms with E-state index in [1.54, 1.807) is 0 Å². The van der Waals surface area contributed by atoms with E-state index in [1.165, 1.54) is 40.1 Å². The molecule has 3 saturated heterocycles. The number of hydrogen-bond donors (Lipinski definition) is 5. The van der Waals surface area contributed by atoms with Gasteiger partial charge >= 0.3 is 19.6 Å². The third-order valence-electron chi connectivity index (χ3n) is 9.99. The Morgan fingerprint density at radius 3 is 2.02 bits per heavy atom. The first-order valence-electron chi connectivity index (χ1n) is 18.3. The molecule has 332 valence electrons. The Kier molecular flexibility index (Phi) is 12.3. The number of carbonyl (C=O) groups excluding carboxylic acids is 4. The number of nitrogen functional groups attached to an aromatic ring is 2. The number of imide groups is 1. The van der Waals surface area contributed by atoms with Crippen LogP contribution in [0.3, 0.4) is 0 Å². The summed E-state index contributed by atoms with van der Waals surface area (Å²) in [6.07, 6.45) is -5.86. The molecule has 4 aliphatic rings. The molecule has 27 nitrogen and oxygen atoms in total. The Morgan fingerprint density at radius 1 is 0.855 bits per heavy atom. The van der Waals surface area contributed by atoms with Crippen molar-refractivity contribution in [2.75, 3.05) is 51.4 Å². The first kappa shape index (κ1) is 43.9. The molecule has 8 rings (SSSR count). The number of ether oxygens (including phenoxy) is 4. The zero-order valence-electron chi connectivity index (χ0n) is 31.9. The molecular formula is C31H36N12O15P2S2. The molecule has 0 spiro atoms. The number of rotatable bonds is 9. The maximum Gasteiger partial charge on any atom is 0.508 e. The summed E-state index contributed by atoms with van der Waals surface area (Å²) in [5.74, 6) is -1.45. The minimum atomic E-state index is -4.41. The molecule has 4 aliphatic heterocycles. The third-order valence-corrected chi connectivity index (χ3v) is 13.1. The predicted molar refractivity (Wildman–Crippen MR) is 212 cm³/mol. The van der Waals surface area contributed by atoms with Crippen molar-refractivity contribution in [2.45, 2.75) is 55.5 Å². The van der Waals surface area contributed by atoms with Crippen LogP contribution in [0.5, 0.6) is 0 Å². The zero-order chi connectivity index (χ0) is 44.1. The molecule has 2 bridgehead atoms. The molecular weight excluding hydrogens is 906 g/mol. The van der Waals surface area contributed by atoms with Crippen molar-refractivity contribution in [3.8, 4) is 0 Å². The third kappa shape index (κ3) is 8.89. The number of nitrogens with two attached hydrogens (primary N) is 2. The Labute approximate surface area is 358 Å². The first-order chi connectivity index (χ1) is 29.5. The van der Waals surface area contributed by atoms with E-state index < -0.39 is 99.6 Å². The number of amides is 3. The highest BCUT2D eigenvalue weighted by Gasteiger charge is 2.54. The summed E-state index contributed by atoms with van der Waals surface area (Å²) in [7, 11) is 1.43. The summed E-state index contributed by atoms with van der Waals surface area (Å²) < 4.78 is 49.4. The summed E-state index contributed by atoms with van der Waals surface area (Å²) in [5.41, 5.74) is 12.7. The number of aromatic nitrogens is 8. The molecule has 3 amide bonds. The van der Waals surface area contributed by atoms with E-state index in [2.05, 4.69) is 29.9 Å². The van der Waals surface area contributed by atoms with Crippen molar-refractivity contribution in [3.05, 3.63) is 37.5 Å². The molecule has 4 aromatic heterocycles. The number of aliphatic hydroxyl groups is 1. The predicted octanol–water partition coefficient (Wildman–Crippen LogP) is -1.47. The molecule has 10 atom stereocenters. The largest absolute Gasteiger partial charge is 0.508 e. The van der Waals surface area contributed by atoms with Crippen molar-refractivity contribution in [1.29, 1.82) is 0 Å². The Morgan fingerprint density at radius 2 is 1.40 bits per heavy atom. The lowest BCUT2D eigenvalue weighted by molar-refractivity contribution is -0.138. The second-order valence-electron chi connectivity index (χ2n) is 13.9. The fraction of sp³-hybridized carbons (Fsp3) is 0.484. The first-order valence-corrected chi connectivity index (χ1v) is 23.5. The molecule has 7 N–H and O–H groups in total. The van der Waals surface area contributed by atoms with Gasteiger partial charge in [-0.05, 0) is 23.6 Å². The van der Waals surface area contributed by atoms with Gasteiger partial charge in [0, 0.05) is 32.2 Å². The minimum absolute atomic E-state index is 0.00838. The highest BCUT2D eigenvalue weighted by Crippen LogP contribution is 2.54. The molecule has 0 aliphatic carbocycles. The van der Waals surface area contributed by atoms with Crippen molar-refractivity contribution in [3.63, 3.8) is 0 Å². The number of likely N-dealkylation sites (N-methyl/N-ethyl adjacent to an activating group) is 1. The van der Waals surface area contributed by atoms with Gasteiger partial charge in [0.15, 0.2) is 41.5 Å². The van der Waals surface area contributed by atoms with Crippen LogP contribution in [0.25, 0.3) is 22.3 Å². The normalized spacial score (nSPS) is 31.5. The van der Waals surface area contributed by atoms with Gasteiger partial charge in [0.1, 0.15) is 60.8 Å². The molecule has 0 saturated carbocycles. The van der Waals surface area contributed by atoms with Crippen LogP contribution in [-0.4, -0.2) is 164 Å². The van der Waals surface area contributed by atoms with Crippen LogP contribution in [0.1, 0.15) is 18.9 Å². The SMILES string of the molecule is CN(CCOC(=O)O[C@@H]1[C@@H]2OP(O)(=S)OC[C@H]3O[C@@H](n4cnc5c(N)ncnc54)[C@H](OP(O)(=S)OC[C@H]2O[C@H]1n1cnc2c(N)ncnc21)[C@@H]3O)C(=O)CCN1C(=O)C=CC1=O. The van der Waals surface area contributed by atoms with E-state index in [0.29, 0.717) is 0 Å². The van der Waals surface area contributed by atoms with Gasteiger partial charge in [-0.25, -0.2) is 34.7 Å². The zero-order valence-corrected chi connectivity index (χ0v) is 35.3. The molecule has 0 radical (unpaired) electrons. The lowest BCUT2D eigenvalue weighted by Crippen LogP contribution is -2.40. The van der Waals surface area contributed by atoms with Gasteiger partial charge in [-0.3, -0.25) is 37.5 Å². The quantitative estimate of drug-likeness (QED) is 0.0726. The summed E-state index contributed by atoms with van der Waals surface area (Å²) in [4.78, 5) is 99.6. The lowest BCUT2D eigenvalue weighted by Gasteiger charge is -2.29. The smallest absolute Gasteiger partial charge is 0.432 e. The summed E-state index contributed by atoms with van der Waals surface area (Å²) in [6.45, 7) is -10.7. The van der Waals surface area contributed by atoms with E-state index >= 15 is 0 Å². The van der Waals surface area contributed by atoms with Gasteiger partial charge in [-0.1, -0.05) is 0 Å². The van der Waals surface area contributed by atoms with Gasteiger partial charge < -0.3 is 59.3 Å². The molecule has 4 aromatic rings. The van der Waals surface area contributed by atoms with Crippen LogP contribution in [0.4, 0.5) is 16.4 Å². The lowest BCUT2D eigenvalue weighted by atomic mass is 10.1. The van der Waals surface area contributed by atoms with Gasteiger partial charge in [0.05, 0.1) is 32.4 Å². The van der Waals surface area contributed by atoms with E-state index in [-0.39, 0.29) is 60.1 Å². The average molecular weight is 943 g/mol. The Hall–Kier alpha value is -4.74. The number of anilines is 2. The Bertz CT molecular complexity index is 2530. The highest BCUT2D eigenvalue weighted by molar-refractivity contribution is 8.07. The molecule has 62 heavy (non-hydrogen) atoms.